The first-order valence-corrected chi connectivity index (χ1v) is 6.70. The number of methoxy groups -OCH3 is 1. The van der Waals surface area contributed by atoms with Gasteiger partial charge in [0.1, 0.15) is 0 Å². The van der Waals surface area contributed by atoms with E-state index in [1.165, 1.54) is 7.11 Å². The molecule has 0 radical (unpaired) electrons. The number of carbonyl (C=O) groups is 2. The predicted octanol–water partition coefficient (Wildman–Crippen LogP) is 1.17. The SMILES string of the molecule is COC(=O)N1CCN(C(=O)c2cc(C)n(C)c2C)CC1. The van der Waals surface area contributed by atoms with E-state index in [2.05, 4.69) is 4.74 Å². The molecule has 1 aromatic rings. The summed E-state index contributed by atoms with van der Waals surface area (Å²) in [6, 6.07) is 1.92. The van der Waals surface area contributed by atoms with Gasteiger partial charge in [0.25, 0.3) is 5.91 Å². The first-order chi connectivity index (χ1) is 9.45. The van der Waals surface area contributed by atoms with E-state index < -0.39 is 0 Å². The minimum Gasteiger partial charge on any atom is -0.453 e. The Morgan fingerprint density at radius 3 is 2.10 bits per heavy atom. The lowest BCUT2D eigenvalue weighted by Gasteiger charge is -2.33. The number of piperazine rings is 1. The monoisotopic (exact) mass is 279 g/mol. The van der Waals surface area contributed by atoms with Crippen molar-refractivity contribution in [2.24, 2.45) is 7.05 Å². The Hall–Kier alpha value is -1.98. The van der Waals surface area contributed by atoms with Gasteiger partial charge in [0.2, 0.25) is 0 Å². The van der Waals surface area contributed by atoms with Gasteiger partial charge in [-0.25, -0.2) is 4.79 Å². The highest BCUT2D eigenvalue weighted by atomic mass is 16.5. The molecule has 0 unspecified atom stereocenters. The molecular formula is C14H21N3O3. The Kier molecular flexibility index (Phi) is 4.01. The maximum atomic E-state index is 12.5. The average Bonchev–Trinajstić information content (AvgIpc) is 2.73. The van der Waals surface area contributed by atoms with Gasteiger partial charge in [0.05, 0.1) is 12.7 Å². The van der Waals surface area contributed by atoms with Crippen LogP contribution in [-0.2, 0) is 11.8 Å². The van der Waals surface area contributed by atoms with Gasteiger partial charge in [0, 0.05) is 44.6 Å². The maximum Gasteiger partial charge on any atom is 0.409 e. The number of rotatable bonds is 1. The Bertz CT molecular complexity index is 528. The lowest BCUT2D eigenvalue weighted by molar-refractivity contribution is 0.0599. The highest BCUT2D eigenvalue weighted by molar-refractivity contribution is 5.95. The second-order valence-corrected chi connectivity index (χ2v) is 5.09. The minimum atomic E-state index is -0.330. The van der Waals surface area contributed by atoms with Crippen molar-refractivity contribution in [2.75, 3.05) is 33.3 Å². The van der Waals surface area contributed by atoms with Crippen LogP contribution in [0.25, 0.3) is 0 Å². The Labute approximate surface area is 118 Å². The molecule has 1 aliphatic heterocycles. The van der Waals surface area contributed by atoms with E-state index in [9.17, 15) is 9.59 Å². The van der Waals surface area contributed by atoms with Crippen LogP contribution in [0.2, 0.25) is 0 Å². The molecular weight excluding hydrogens is 258 g/mol. The van der Waals surface area contributed by atoms with Crippen molar-refractivity contribution in [3.05, 3.63) is 23.0 Å². The number of amides is 2. The van der Waals surface area contributed by atoms with E-state index in [-0.39, 0.29) is 12.0 Å². The van der Waals surface area contributed by atoms with Crippen molar-refractivity contribution in [1.82, 2.24) is 14.4 Å². The molecule has 0 aromatic carbocycles. The van der Waals surface area contributed by atoms with Gasteiger partial charge in [-0.2, -0.15) is 0 Å². The van der Waals surface area contributed by atoms with Crippen LogP contribution in [0, 0.1) is 13.8 Å². The van der Waals surface area contributed by atoms with Crippen molar-refractivity contribution in [3.8, 4) is 0 Å². The molecule has 0 spiro atoms. The summed E-state index contributed by atoms with van der Waals surface area (Å²) in [5.74, 6) is 0.0377. The number of ether oxygens (including phenoxy) is 1. The molecule has 0 atom stereocenters. The van der Waals surface area contributed by atoms with Crippen LogP contribution in [0.15, 0.2) is 6.07 Å². The highest BCUT2D eigenvalue weighted by Crippen LogP contribution is 2.17. The molecule has 1 aliphatic rings. The van der Waals surface area contributed by atoms with Crippen molar-refractivity contribution in [3.63, 3.8) is 0 Å². The van der Waals surface area contributed by atoms with E-state index in [1.807, 2.05) is 31.5 Å². The molecule has 2 rings (SSSR count). The number of aromatic nitrogens is 1. The van der Waals surface area contributed by atoms with Gasteiger partial charge >= 0.3 is 6.09 Å². The largest absolute Gasteiger partial charge is 0.453 e. The third-order valence-corrected chi connectivity index (χ3v) is 4.01. The zero-order valence-corrected chi connectivity index (χ0v) is 12.5. The van der Waals surface area contributed by atoms with E-state index in [0.717, 1.165) is 17.0 Å². The lowest BCUT2D eigenvalue weighted by atomic mass is 10.2. The molecule has 1 fully saturated rings. The highest BCUT2D eigenvalue weighted by Gasteiger charge is 2.26. The molecule has 0 aliphatic carbocycles. The standard InChI is InChI=1S/C14H21N3O3/c1-10-9-12(11(2)15(10)3)13(18)16-5-7-17(8-6-16)14(19)20-4/h9H,5-8H2,1-4H3. The van der Waals surface area contributed by atoms with Gasteiger partial charge in [-0.3, -0.25) is 4.79 Å². The Morgan fingerprint density at radius 2 is 1.65 bits per heavy atom. The molecule has 6 heteroatoms. The van der Waals surface area contributed by atoms with Gasteiger partial charge in [-0.1, -0.05) is 0 Å². The first-order valence-electron chi connectivity index (χ1n) is 6.70. The average molecular weight is 279 g/mol. The fourth-order valence-corrected chi connectivity index (χ4v) is 2.46. The zero-order chi connectivity index (χ0) is 14.9. The molecule has 6 nitrogen and oxygen atoms in total. The summed E-state index contributed by atoms with van der Waals surface area (Å²) >= 11 is 0. The Balaban J connectivity index is 2.05. The first kappa shape index (κ1) is 14.4. The minimum absolute atomic E-state index is 0.0377. The van der Waals surface area contributed by atoms with Crippen LogP contribution >= 0.6 is 0 Å². The number of hydrogen-bond acceptors (Lipinski definition) is 3. The summed E-state index contributed by atoms with van der Waals surface area (Å²) in [5, 5.41) is 0. The normalized spacial score (nSPS) is 15.4. The third kappa shape index (κ3) is 2.50. The number of nitrogens with zero attached hydrogens (tertiary/aromatic N) is 3. The van der Waals surface area contributed by atoms with Gasteiger partial charge < -0.3 is 19.1 Å². The quantitative estimate of drug-likeness (QED) is 0.775. The maximum absolute atomic E-state index is 12.5. The molecule has 2 amide bonds. The smallest absolute Gasteiger partial charge is 0.409 e. The Morgan fingerprint density at radius 1 is 1.10 bits per heavy atom. The fraction of sp³-hybridized carbons (Fsp3) is 0.571. The van der Waals surface area contributed by atoms with Crippen LogP contribution in [-0.4, -0.2) is 59.7 Å². The summed E-state index contributed by atoms with van der Waals surface area (Å²) in [7, 11) is 3.33. The second-order valence-electron chi connectivity index (χ2n) is 5.09. The van der Waals surface area contributed by atoms with E-state index in [4.69, 9.17) is 0 Å². The van der Waals surface area contributed by atoms with Gasteiger partial charge in [-0.15, -0.1) is 0 Å². The van der Waals surface area contributed by atoms with Crippen LogP contribution in [0.5, 0.6) is 0 Å². The fourth-order valence-electron chi connectivity index (χ4n) is 2.46. The summed E-state index contributed by atoms with van der Waals surface area (Å²) in [6.45, 7) is 6.05. The van der Waals surface area contributed by atoms with Gasteiger partial charge in [0.15, 0.2) is 0 Å². The third-order valence-electron chi connectivity index (χ3n) is 4.01. The van der Waals surface area contributed by atoms with Crippen molar-refractivity contribution in [2.45, 2.75) is 13.8 Å². The lowest BCUT2D eigenvalue weighted by Crippen LogP contribution is -2.50. The number of hydrogen-bond donors (Lipinski definition) is 0. The van der Waals surface area contributed by atoms with Crippen molar-refractivity contribution < 1.29 is 14.3 Å². The van der Waals surface area contributed by atoms with Crippen molar-refractivity contribution >= 4 is 12.0 Å². The molecule has 0 saturated carbocycles. The van der Waals surface area contributed by atoms with Crippen LogP contribution in [0.3, 0.4) is 0 Å². The van der Waals surface area contributed by atoms with E-state index in [1.54, 1.807) is 9.80 Å². The molecule has 20 heavy (non-hydrogen) atoms. The summed E-state index contributed by atoms with van der Waals surface area (Å²) in [5.41, 5.74) is 2.79. The molecule has 1 saturated heterocycles. The molecule has 1 aromatic heterocycles. The van der Waals surface area contributed by atoms with Crippen LogP contribution < -0.4 is 0 Å². The molecule has 2 heterocycles. The van der Waals surface area contributed by atoms with Crippen molar-refractivity contribution in [1.29, 1.82) is 0 Å². The van der Waals surface area contributed by atoms with E-state index >= 15 is 0 Å². The van der Waals surface area contributed by atoms with E-state index in [0.29, 0.717) is 26.2 Å². The topological polar surface area (TPSA) is 54.8 Å². The number of aryl methyl sites for hydroxylation is 1. The summed E-state index contributed by atoms with van der Waals surface area (Å²) in [6.07, 6.45) is -0.330. The van der Waals surface area contributed by atoms with Crippen LogP contribution in [0.1, 0.15) is 21.7 Å². The predicted molar refractivity (Wildman–Crippen MR) is 74.8 cm³/mol. The summed E-state index contributed by atoms with van der Waals surface area (Å²) in [4.78, 5) is 27.3. The zero-order valence-electron chi connectivity index (χ0n) is 12.5. The van der Waals surface area contributed by atoms with Crippen LogP contribution in [0.4, 0.5) is 4.79 Å². The second kappa shape index (κ2) is 5.56. The summed E-state index contributed by atoms with van der Waals surface area (Å²) < 4.78 is 6.70. The van der Waals surface area contributed by atoms with Gasteiger partial charge in [-0.05, 0) is 19.9 Å². The molecule has 110 valence electrons. The molecule has 0 bridgehead atoms. The molecule has 0 N–H and O–H groups in total. The number of carbonyl (C=O) groups excluding carboxylic acids is 2.